The highest BCUT2D eigenvalue weighted by Crippen LogP contribution is 2.69. The van der Waals surface area contributed by atoms with Crippen LogP contribution in [0.4, 0.5) is 0 Å². The maximum Gasteiger partial charge on any atom is 0.163 e. The quantitative estimate of drug-likeness (QED) is 0.605. The van der Waals surface area contributed by atoms with Gasteiger partial charge in [0, 0.05) is 6.04 Å². The molecule has 4 unspecified atom stereocenters. The number of allylic oxidation sites excluding steroid dienone is 2. The van der Waals surface area contributed by atoms with Crippen molar-refractivity contribution in [3.8, 4) is 0 Å². The molecule has 5 fully saturated rings. The molecule has 0 aromatic carbocycles. The van der Waals surface area contributed by atoms with Gasteiger partial charge in [0.25, 0.3) is 0 Å². The highest BCUT2D eigenvalue weighted by molar-refractivity contribution is 5.25. The minimum absolute atomic E-state index is 0.231. The Morgan fingerprint density at radius 2 is 1.67 bits per heavy atom. The molecular weight excluding hydrogens is 334 g/mol. The van der Waals surface area contributed by atoms with Gasteiger partial charge in [-0.1, -0.05) is 25.5 Å². The fourth-order valence-corrected chi connectivity index (χ4v) is 8.54. The molecule has 1 aliphatic heterocycles. The molecule has 0 bridgehead atoms. The second-order valence-electron chi connectivity index (χ2n) is 11.3. The molecule has 4 saturated carbocycles. The van der Waals surface area contributed by atoms with Crippen LogP contribution in [0, 0.1) is 34.5 Å². The number of ether oxygens (including phenoxy) is 2. The summed E-state index contributed by atoms with van der Waals surface area (Å²) in [6.07, 6.45) is 11.8. The van der Waals surface area contributed by atoms with Gasteiger partial charge in [-0.2, -0.15) is 0 Å². The van der Waals surface area contributed by atoms with Crippen LogP contribution >= 0.6 is 0 Å². The summed E-state index contributed by atoms with van der Waals surface area (Å²) in [6.45, 7) is 11.6. The van der Waals surface area contributed by atoms with Crippen molar-refractivity contribution < 1.29 is 9.47 Å². The normalized spacial score (nSPS) is 57.7. The van der Waals surface area contributed by atoms with Gasteiger partial charge in [-0.3, -0.25) is 0 Å². The Morgan fingerprint density at radius 3 is 2.41 bits per heavy atom. The molecule has 4 aliphatic carbocycles. The molecule has 1 heterocycles. The van der Waals surface area contributed by atoms with Crippen molar-refractivity contribution in [3.63, 3.8) is 0 Å². The number of hydrogen-bond donors (Lipinski definition) is 1. The predicted molar refractivity (Wildman–Crippen MR) is 108 cm³/mol. The lowest BCUT2D eigenvalue weighted by Crippen LogP contribution is -2.63. The third kappa shape index (κ3) is 2.43. The molecule has 0 radical (unpaired) electrons. The van der Waals surface area contributed by atoms with E-state index in [9.17, 15) is 0 Å². The van der Waals surface area contributed by atoms with Crippen molar-refractivity contribution in [1.29, 1.82) is 0 Å². The van der Waals surface area contributed by atoms with E-state index in [2.05, 4.69) is 40.7 Å². The van der Waals surface area contributed by atoms with Crippen molar-refractivity contribution in [2.24, 2.45) is 40.2 Å². The Bertz CT molecular complexity index is 657. The lowest BCUT2D eigenvalue weighted by Gasteiger charge is -2.63. The molecule has 0 spiro atoms. The summed E-state index contributed by atoms with van der Waals surface area (Å²) in [6, 6.07) is 0.336. The number of rotatable bonds is 0. The molecule has 27 heavy (non-hydrogen) atoms. The second kappa shape index (κ2) is 5.83. The first kappa shape index (κ1) is 18.6. The number of fused-ring (bicyclic) bond motifs is 8. The van der Waals surface area contributed by atoms with Gasteiger partial charge in [0.2, 0.25) is 0 Å². The highest BCUT2D eigenvalue weighted by atomic mass is 16.8. The van der Waals surface area contributed by atoms with Crippen molar-refractivity contribution in [2.45, 2.75) is 104 Å². The number of nitrogens with two attached hydrogens (primary N) is 1. The van der Waals surface area contributed by atoms with Crippen LogP contribution in [0.1, 0.15) is 79.6 Å². The predicted octanol–water partition coefficient (Wildman–Crippen LogP) is 5.04. The van der Waals surface area contributed by atoms with Crippen LogP contribution in [0.2, 0.25) is 0 Å². The molecule has 0 aromatic heterocycles. The summed E-state index contributed by atoms with van der Waals surface area (Å²) in [7, 11) is 0. The van der Waals surface area contributed by atoms with Gasteiger partial charge in [-0.05, 0) is 100 Å². The molecule has 5 rings (SSSR count). The standard InChI is InChI=1S/C24H39NO2/c1-6-14-7-8-16-19-17(10-12-23(14,16)4)24(5)11-9-15(25)13-18(24)20-21(19)27-22(2,3)26-20/h6,15-21H,7-13,25H2,1-5H3/t15-,16?,17?,18?,19?,20-,21-,23-,24-/m1/s1. The van der Waals surface area contributed by atoms with E-state index in [4.69, 9.17) is 15.2 Å². The van der Waals surface area contributed by atoms with Gasteiger partial charge in [0.15, 0.2) is 5.79 Å². The second-order valence-corrected chi connectivity index (χ2v) is 11.3. The summed E-state index contributed by atoms with van der Waals surface area (Å²) in [5, 5.41) is 0. The molecule has 152 valence electrons. The van der Waals surface area contributed by atoms with Gasteiger partial charge in [0.1, 0.15) is 0 Å². The largest absolute Gasteiger partial charge is 0.344 e. The maximum atomic E-state index is 6.69. The van der Waals surface area contributed by atoms with E-state index in [0.29, 0.717) is 28.7 Å². The van der Waals surface area contributed by atoms with Gasteiger partial charge in [-0.15, -0.1) is 0 Å². The molecule has 3 nitrogen and oxygen atoms in total. The topological polar surface area (TPSA) is 44.5 Å². The minimum Gasteiger partial charge on any atom is -0.344 e. The van der Waals surface area contributed by atoms with Crippen molar-refractivity contribution in [3.05, 3.63) is 11.6 Å². The zero-order valence-electron chi connectivity index (χ0n) is 18.0. The molecular formula is C24H39NO2. The Labute approximate surface area is 165 Å². The SMILES string of the molecule is CC=C1CCC2C3C(CC[C@]12C)[C@@]1(C)CC[C@@H](N)CC1[C@H]1OC(C)(C)O[C@H]31. The van der Waals surface area contributed by atoms with Gasteiger partial charge in [-0.25, -0.2) is 0 Å². The van der Waals surface area contributed by atoms with E-state index >= 15 is 0 Å². The maximum absolute atomic E-state index is 6.69. The molecule has 5 aliphatic rings. The Kier molecular flexibility index (Phi) is 4.02. The first-order valence-corrected chi connectivity index (χ1v) is 11.5. The summed E-state index contributed by atoms with van der Waals surface area (Å²) < 4.78 is 13.3. The first-order chi connectivity index (χ1) is 12.7. The van der Waals surface area contributed by atoms with E-state index in [0.717, 1.165) is 18.3 Å². The van der Waals surface area contributed by atoms with E-state index in [-0.39, 0.29) is 12.2 Å². The van der Waals surface area contributed by atoms with Crippen LogP contribution in [-0.2, 0) is 9.47 Å². The lowest BCUT2D eigenvalue weighted by atomic mass is 9.43. The monoisotopic (exact) mass is 373 g/mol. The van der Waals surface area contributed by atoms with Crippen LogP contribution in [0.5, 0.6) is 0 Å². The van der Waals surface area contributed by atoms with Gasteiger partial charge >= 0.3 is 0 Å². The number of hydrogen-bond acceptors (Lipinski definition) is 3. The Morgan fingerprint density at radius 1 is 0.926 bits per heavy atom. The Balaban J connectivity index is 1.59. The minimum atomic E-state index is -0.456. The fourth-order valence-electron chi connectivity index (χ4n) is 8.54. The summed E-state index contributed by atoms with van der Waals surface area (Å²) >= 11 is 0. The van der Waals surface area contributed by atoms with E-state index in [1.54, 1.807) is 5.57 Å². The van der Waals surface area contributed by atoms with E-state index in [1.165, 1.54) is 38.5 Å². The molecule has 2 N–H and O–H groups in total. The highest BCUT2D eigenvalue weighted by Gasteiger charge is 2.67. The molecule has 0 aromatic rings. The lowest BCUT2D eigenvalue weighted by molar-refractivity contribution is -0.173. The van der Waals surface area contributed by atoms with Crippen molar-refractivity contribution in [2.75, 3.05) is 0 Å². The van der Waals surface area contributed by atoms with Crippen LogP contribution < -0.4 is 5.73 Å². The third-order valence-corrected chi connectivity index (χ3v) is 9.77. The average Bonchev–Trinajstić information content (AvgIpc) is 3.11. The van der Waals surface area contributed by atoms with E-state index < -0.39 is 5.79 Å². The zero-order valence-corrected chi connectivity index (χ0v) is 18.0. The van der Waals surface area contributed by atoms with Gasteiger partial charge in [0.05, 0.1) is 12.2 Å². The molecule has 9 atom stereocenters. The summed E-state index contributed by atoms with van der Waals surface area (Å²) in [5.41, 5.74) is 8.91. The van der Waals surface area contributed by atoms with Crippen LogP contribution in [-0.4, -0.2) is 24.0 Å². The first-order valence-electron chi connectivity index (χ1n) is 11.5. The van der Waals surface area contributed by atoms with E-state index in [1.807, 2.05) is 0 Å². The summed E-state index contributed by atoms with van der Waals surface area (Å²) in [5.74, 6) is 2.26. The van der Waals surface area contributed by atoms with Crippen LogP contribution in [0.25, 0.3) is 0 Å². The molecule has 0 amide bonds. The van der Waals surface area contributed by atoms with Gasteiger partial charge < -0.3 is 15.2 Å². The Hall–Kier alpha value is -0.380. The van der Waals surface area contributed by atoms with Crippen LogP contribution in [0.15, 0.2) is 11.6 Å². The third-order valence-electron chi connectivity index (χ3n) is 9.77. The van der Waals surface area contributed by atoms with Crippen molar-refractivity contribution in [1.82, 2.24) is 0 Å². The smallest absolute Gasteiger partial charge is 0.163 e. The van der Waals surface area contributed by atoms with Crippen molar-refractivity contribution >= 4 is 0 Å². The molecule has 3 heteroatoms. The fraction of sp³-hybridized carbons (Fsp3) is 0.917. The van der Waals surface area contributed by atoms with Crippen LogP contribution in [0.3, 0.4) is 0 Å². The zero-order chi connectivity index (χ0) is 19.2. The molecule has 1 saturated heterocycles. The summed E-state index contributed by atoms with van der Waals surface area (Å²) in [4.78, 5) is 0. The average molecular weight is 374 g/mol.